The van der Waals surface area contributed by atoms with Crippen LogP contribution in [0.1, 0.15) is 62.0 Å². The second-order valence-corrected chi connectivity index (χ2v) is 6.68. The van der Waals surface area contributed by atoms with Crippen LogP contribution in [-0.2, 0) is 5.41 Å². The van der Waals surface area contributed by atoms with Crippen molar-refractivity contribution in [2.45, 2.75) is 58.5 Å². The monoisotopic (exact) mass is 270 g/mol. The standard InChI is InChI=1S/C16H24OP.Li/c1-6-7-14(18)15(17)13-9-8-12(10-11(13)2)16(3,4)5;/h8-10,14,18H,6-7H2,1-5H3;/q-1;+1. The molecule has 0 aliphatic heterocycles. The molecule has 0 aliphatic carbocycles. The van der Waals surface area contributed by atoms with Gasteiger partial charge in [-0.15, -0.1) is 5.66 Å². The van der Waals surface area contributed by atoms with Crippen molar-refractivity contribution in [1.29, 1.82) is 0 Å². The van der Waals surface area contributed by atoms with E-state index in [1.54, 1.807) is 0 Å². The fourth-order valence-corrected chi connectivity index (χ4v) is 2.46. The molecule has 0 saturated carbocycles. The zero-order valence-corrected chi connectivity index (χ0v) is 14.1. The van der Waals surface area contributed by atoms with Crippen molar-refractivity contribution in [3.63, 3.8) is 0 Å². The van der Waals surface area contributed by atoms with Crippen molar-refractivity contribution in [3.8, 4) is 0 Å². The van der Waals surface area contributed by atoms with Gasteiger partial charge in [-0.2, -0.15) is 0 Å². The largest absolute Gasteiger partial charge is 1.00 e. The summed E-state index contributed by atoms with van der Waals surface area (Å²) in [6.45, 7) is 10.7. The van der Waals surface area contributed by atoms with E-state index in [1.807, 2.05) is 13.0 Å². The first-order valence-corrected chi connectivity index (χ1v) is 7.21. The van der Waals surface area contributed by atoms with E-state index in [0.29, 0.717) is 0 Å². The van der Waals surface area contributed by atoms with Gasteiger partial charge >= 0.3 is 18.9 Å². The molecular formula is C16H24LiOP. The third-order valence-electron chi connectivity index (χ3n) is 3.25. The zero-order chi connectivity index (χ0) is 13.9. The maximum absolute atomic E-state index is 12.3. The molecule has 0 aromatic heterocycles. The van der Waals surface area contributed by atoms with Crippen molar-refractivity contribution in [1.82, 2.24) is 0 Å². The summed E-state index contributed by atoms with van der Waals surface area (Å²) in [6, 6.07) is 6.18. The number of ketones is 1. The molecule has 0 aliphatic rings. The average Bonchev–Trinajstić information content (AvgIpc) is 2.27. The number of Topliss-reactive ketones (excluding diaryl/α,β-unsaturated/α-hetero) is 1. The molecule has 1 unspecified atom stereocenters. The van der Waals surface area contributed by atoms with Gasteiger partial charge in [-0.05, 0) is 23.5 Å². The van der Waals surface area contributed by atoms with Gasteiger partial charge in [0.2, 0.25) is 0 Å². The Morgan fingerprint density at radius 2 is 1.89 bits per heavy atom. The van der Waals surface area contributed by atoms with Crippen molar-refractivity contribution >= 4 is 15.0 Å². The second-order valence-electron chi connectivity index (χ2n) is 5.99. The summed E-state index contributed by atoms with van der Waals surface area (Å²) in [4.78, 5) is 12.3. The Labute approximate surface area is 132 Å². The van der Waals surface area contributed by atoms with E-state index in [9.17, 15) is 4.79 Å². The van der Waals surface area contributed by atoms with Crippen LogP contribution in [0.3, 0.4) is 0 Å². The van der Waals surface area contributed by atoms with Crippen molar-refractivity contribution in [3.05, 3.63) is 34.9 Å². The Morgan fingerprint density at radius 3 is 2.32 bits per heavy atom. The summed E-state index contributed by atoms with van der Waals surface area (Å²) in [5, 5.41) is 0. The number of carbonyl (C=O) groups is 1. The van der Waals surface area contributed by atoms with Crippen LogP contribution in [-0.4, -0.2) is 11.4 Å². The fourth-order valence-electron chi connectivity index (χ4n) is 2.01. The van der Waals surface area contributed by atoms with E-state index in [1.165, 1.54) is 5.56 Å². The molecule has 0 amide bonds. The van der Waals surface area contributed by atoms with Crippen LogP contribution >= 0.6 is 9.24 Å². The van der Waals surface area contributed by atoms with Gasteiger partial charge in [0.25, 0.3) is 0 Å². The quantitative estimate of drug-likeness (QED) is 0.463. The molecule has 0 N–H and O–H groups in total. The number of rotatable bonds is 4. The minimum absolute atomic E-state index is 0. The van der Waals surface area contributed by atoms with Crippen LogP contribution in [0.25, 0.3) is 0 Å². The van der Waals surface area contributed by atoms with E-state index in [2.05, 4.69) is 49.1 Å². The fraction of sp³-hybridized carbons (Fsp3) is 0.562. The Morgan fingerprint density at radius 1 is 1.32 bits per heavy atom. The number of benzene rings is 1. The Balaban J connectivity index is 0.00000324. The Hall–Kier alpha value is -0.0826. The first-order valence-electron chi connectivity index (χ1n) is 6.63. The molecule has 1 rings (SSSR count). The minimum Gasteiger partial charge on any atom is -0.547 e. The maximum Gasteiger partial charge on any atom is 1.00 e. The molecule has 0 radical (unpaired) electrons. The molecule has 1 aromatic rings. The molecule has 0 bridgehead atoms. The predicted octanol–water partition coefficient (Wildman–Crippen LogP) is 1.79. The summed E-state index contributed by atoms with van der Waals surface area (Å²) in [5.41, 5.74) is 3.26. The second kappa shape index (κ2) is 7.63. The zero-order valence-electron chi connectivity index (χ0n) is 13.1. The van der Waals surface area contributed by atoms with Gasteiger partial charge in [0.15, 0.2) is 0 Å². The van der Waals surface area contributed by atoms with Gasteiger partial charge in [0, 0.05) is 5.56 Å². The summed E-state index contributed by atoms with van der Waals surface area (Å²) < 4.78 is 0. The average molecular weight is 270 g/mol. The van der Waals surface area contributed by atoms with Gasteiger partial charge in [0.05, 0.1) is 0 Å². The van der Waals surface area contributed by atoms with Crippen LogP contribution in [0.4, 0.5) is 0 Å². The molecule has 100 valence electrons. The van der Waals surface area contributed by atoms with Crippen LogP contribution < -0.4 is 18.9 Å². The molecule has 0 fully saturated rings. The van der Waals surface area contributed by atoms with Crippen LogP contribution in [0.5, 0.6) is 0 Å². The summed E-state index contributed by atoms with van der Waals surface area (Å²) in [5.74, 6) is 0.200. The molecule has 0 heterocycles. The van der Waals surface area contributed by atoms with Crippen LogP contribution in [0, 0.1) is 6.92 Å². The van der Waals surface area contributed by atoms with Gasteiger partial charge in [0.1, 0.15) is 5.78 Å². The molecular weight excluding hydrogens is 246 g/mol. The van der Waals surface area contributed by atoms with Gasteiger partial charge in [-0.25, -0.2) is 0 Å². The van der Waals surface area contributed by atoms with Crippen molar-refractivity contribution in [2.24, 2.45) is 0 Å². The van der Waals surface area contributed by atoms with Crippen molar-refractivity contribution < 1.29 is 23.7 Å². The van der Waals surface area contributed by atoms with Gasteiger partial charge < -0.3 is 9.24 Å². The Kier molecular flexibility index (Phi) is 7.60. The van der Waals surface area contributed by atoms with E-state index in [-0.39, 0.29) is 35.7 Å². The Bertz CT molecular complexity index is 435. The first-order chi connectivity index (χ1) is 8.27. The third-order valence-corrected chi connectivity index (χ3v) is 3.80. The van der Waals surface area contributed by atoms with Gasteiger partial charge in [-0.3, -0.25) is 4.79 Å². The SMILES string of the molecule is CCCC([PH-])C(=O)c1ccc(C(C)(C)C)cc1C.[Li+]. The summed E-state index contributed by atoms with van der Waals surface area (Å²) >= 11 is 0. The maximum atomic E-state index is 12.3. The summed E-state index contributed by atoms with van der Waals surface area (Å²) in [6.07, 6.45) is 1.90. The van der Waals surface area contributed by atoms with Crippen LogP contribution in [0.2, 0.25) is 0 Å². The van der Waals surface area contributed by atoms with E-state index >= 15 is 0 Å². The summed E-state index contributed by atoms with van der Waals surface area (Å²) in [7, 11) is 3.54. The molecule has 1 aromatic carbocycles. The number of hydrogen-bond acceptors (Lipinski definition) is 1. The third kappa shape index (κ3) is 5.07. The predicted molar refractivity (Wildman–Crippen MR) is 81.2 cm³/mol. The first kappa shape index (κ1) is 18.9. The number of carbonyl (C=O) groups excluding carboxylic acids is 1. The number of aryl methyl sites for hydroxylation is 1. The number of hydrogen-bond donors (Lipinski definition) is 0. The van der Waals surface area contributed by atoms with E-state index < -0.39 is 0 Å². The normalized spacial score (nSPS) is 12.7. The van der Waals surface area contributed by atoms with E-state index in [4.69, 9.17) is 0 Å². The molecule has 1 atom stereocenters. The molecule has 3 heteroatoms. The minimum atomic E-state index is -0.0609. The van der Waals surface area contributed by atoms with Crippen molar-refractivity contribution in [2.75, 3.05) is 0 Å². The molecule has 0 spiro atoms. The van der Waals surface area contributed by atoms with E-state index in [0.717, 1.165) is 24.0 Å². The topological polar surface area (TPSA) is 17.1 Å². The molecule has 0 saturated heterocycles. The molecule has 1 nitrogen and oxygen atoms in total. The molecule has 19 heavy (non-hydrogen) atoms. The smallest absolute Gasteiger partial charge is 0.547 e. The van der Waals surface area contributed by atoms with Crippen LogP contribution in [0.15, 0.2) is 18.2 Å². The van der Waals surface area contributed by atoms with Gasteiger partial charge in [-0.1, -0.05) is 58.7 Å².